The number of benzene rings is 2. The molecule has 0 saturated carbocycles. The molecule has 0 unspecified atom stereocenters. The summed E-state index contributed by atoms with van der Waals surface area (Å²) >= 11 is 1.36. The second-order valence-corrected chi connectivity index (χ2v) is 5.27. The van der Waals surface area contributed by atoms with Crippen molar-refractivity contribution in [2.75, 3.05) is 19.5 Å². The molecule has 1 heterocycles. The van der Waals surface area contributed by atoms with E-state index in [4.69, 9.17) is 9.47 Å². The lowest BCUT2D eigenvalue weighted by Gasteiger charge is -2.08. The lowest BCUT2D eigenvalue weighted by atomic mass is 10.2. The van der Waals surface area contributed by atoms with Crippen LogP contribution in [0, 0.1) is 0 Å². The molecule has 1 N–H and O–H groups in total. The molecular formula is C16H15N3O2S. The molecule has 2 aromatic carbocycles. The van der Waals surface area contributed by atoms with Crippen molar-refractivity contribution >= 4 is 23.2 Å². The summed E-state index contributed by atoms with van der Waals surface area (Å²) in [4.78, 5) is 4.50. The average molecular weight is 313 g/mol. The van der Waals surface area contributed by atoms with Crippen LogP contribution in [0.4, 0.5) is 11.6 Å². The van der Waals surface area contributed by atoms with Crippen LogP contribution in [0.25, 0.3) is 10.6 Å². The van der Waals surface area contributed by atoms with Crippen molar-refractivity contribution in [3.05, 3.63) is 48.5 Å². The van der Waals surface area contributed by atoms with E-state index in [1.54, 1.807) is 14.2 Å². The number of ether oxygens (including phenoxy) is 2. The SMILES string of the molecule is COc1cc(Nc2nsc(-c3ccccc3)n2)cc(OC)c1. The highest BCUT2D eigenvalue weighted by molar-refractivity contribution is 7.09. The highest BCUT2D eigenvalue weighted by Crippen LogP contribution is 2.29. The first kappa shape index (κ1) is 14.3. The van der Waals surface area contributed by atoms with Gasteiger partial charge in [-0.05, 0) is 11.5 Å². The first-order chi connectivity index (χ1) is 10.8. The number of nitrogens with zero attached hydrogens (tertiary/aromatic N) is 2. The van der Waals surface area contributed by atoms with E-state index in [0.29, 0.717) is 17.4 Å². The largest absolute Gasteiger partial charge is 0.497 e. The van der Waals surface area contributed by atoms with Crippen LogP contribution < -0.4 is 14.8 Å². The van der Waals surface area contributed by atoms with Crippen molar-refractivity contribution in [1.82, 2.24) is 9.36 Å². The third kappa shape index (κ3) is 3.17. The molecule has 0 bridgehead atoms. The first-order valence-electron chi connectivity index (χ1n) is 6.67. The molecule has 3 aromatic rings. The zero-order valence-corrected chi connectivity index (χ0v) is 13.1. The van der Waals surface area contributed by atoms with Gasteiger partial charge in [-0.15, -0.1) is 0 Å². The molecule has 22 heavy (non-hydrogen) atoms. The zero-order chi connectivity index (χ0) is 15.4. The van der Waals surface area contributed by atoms with Crippen LogP contribution >= 0.6 is 11.5 Å². The highest BCUT2D eigenvalue weighted by Gasteiger charge is 2.08. The van der Waals surface area contributed by atoms with Gasteiger partial charge >= 0.3 is 0 Å². The molecule has 0 radical (unpaired) electrons. The van der Waals surface area contributed by atoms with Crippen LogP contribution in [0.5, 0.6) is 11.5 Å². The van der Waals surface area contributed by atoms with E-state index in [9.17, 15) is 0 Å². The normalized spacial score (nSPS) is 10.3. The molecule has 0 saturated heterocycles. The van der Waals surface area contributed by atoms with E-state index < -0.39 is 0 Å². The second-order valence-electron chi connectivity index (χ2n) is 4.52. The summed E-state index contributed by atoms with van der Waals surface area (Å²) in [6.07, 6.45) is 0. The zero-order valence-electron chi connectivity index (χ0n) is 12.2. The Hall–Kier alpha value is -2.60. The summed E-state index contributed by atoms with van der Waals surface area (Å²) in [6.45, 7) is 0. The van der Waals surface area contributed by atoms with Gasteiger partial charge in [0, 0.05) is 29.4 Å². The summed E-state index contributed by atoms with van der Waals surface area (Å²) < 4.78 is 14.8. The molecule has 0 aliphatic rings. The van der Waals surface area contributed by atoms with Gasteiger partial charge in [-0.1, -0.05) is 30.3 Å². The van der Waals surface area contributed by atoms with E-state index >= 15 is 0 Å². The summed E-state index contributed by atoms with van der Waals surface area (Å²) in [5.74, 6) is 1.97. The Labute approximate surface area is 132 Å². The van der Waals surface area contributed by atoms with Crippen LogP contribution in [0.15, 0.2) is 48.5 Å². The van der Waals surface area contributed by atoms with Crippen LogP contribution in [-0.4, -0.2) is 23.6 Å². The van der Waals surface area contributed by atoms with E-state index in [-0.39, 0.29) is 0 Å². The minimum atomic E-state index is 0.555. The molecule has 0 spiro atoms. The molecule has 0 amide bonds. The number of hydrogen-bond acceptors (Lipinski definition) is 6. The van der Waals surface area contributed by atoms with Crippen molar-refractivity contribution in [2.45, 2.75) is 0 Å². The topological polar surface area (TPSA) is 56.3 Å². The van der Waals surface area contributed by atoms with Crippen LogP contribution in [0.1, 0.15) is 0 Å². The Bertz CT molecular complexity index is 737. The number of aromatic nitrogens is 2. The standard InChI is InChI=1S/C16H15N3O2S/c1-20-13-8-12(9-14(10-13)21-2)17-16-18-15(22-19-16)11-6-4-3-5-7-11/h3-10H,1-2H3,(H,17,19). The monoisotopic (exact) mass is 313 g/mol. The van der Waals surface area contributed by atoms with Gasteiger partial charge < -0.3 is 14.8 Å². The van der Waals surface area contributed by atoms with Gasteiger partial charge in [0.15, 0.2) is 0 Å². The number of anilines is 2. The van der Waals surface area contributed by atoms with E-state index in [2.05, 4.69) is 14.7 Å². The van der Waals surface area contributed by atoms with Gasteiger partial charge in [-0.3, -0.25) is 0 Å². The molecule has 5 nitrogen and oxygen atoms in total. The maximum Gasteiger partial charge on any atom is 0.239 e. The molecule has 3 rings (SSSR count). The Balaban J connectivity index is 1.83. The Morgan fingerprint density at radius 3 is 2.27 bits per heavy atom. The van der Waals surface area contributed by atoms with E-state index in [1.807, 2.05) is 48.5 Å². The van der Waals surface area contributed by atoms with Crippen molar-refractivity contribution in [3.63, 3.8) is 0 Å². The summed E-state index contributed by atoms with van der Waals surface area (Å²) in [5.41, 5.74) is 1.87. The van der Waals surface area contributed by atoms with Gasteiger partial charge in [-0.25, -0.2) is 0 Å². The number of rotatable bonds is 5. The molecule has 1 aromatic heterocycles. The van der Waals surface area contributed by atoms with Gasteiger partial charge in [0.05, 0.1) is 14.2 Å². The quantitative estimate of drug-likeness (QED) is 0.772. The predicted molar refractivity (Wildman–Crippen MR) is 88.2 cm³/mol. The maximum atomic E-state index is 5.25. The van der Waals surface area contributed by atoms with E-state index in [0.717, 1.165) is 16.3 Å². The fourth-order valence-electron chi connectivity index (χ4n) is 1.98. The molecule has 0 aliphatic heterocycles. The summed E-state index contributed by atoms with van der Waals surface area (Å²) in [6, 6.07) is 15.5. The van der Waals surface area contributed by atoms with Crippen molar-refractivity contribution in [3.8, 4) is 22.1 Å². The molecule has 0 aliphatic carbocycles. The predicted octanol–water partition coefficient (Wildman–Crippen LogP) is 3.97. The van der Waals surface area contributed by atoms with Crippen molar-refractivity contribution in [1.29, 1.82) is 0 Å². The molecular weight excluding hydrogens is 298 g/mol. The minimum absolute atomic E-state index is 0.555. The van der Waals surface area contributed by atoms with Crippen LogP contribution in [0.3, 0.4) is 0 Å². The number of hydrogen-bond donors (Lipinski definition) is 1. The number of methoxy groups -OCH3 is 2. The highest BCUT2D eigenvalue weighted by atomic mass is 32.1. The van der Waals surface area contributed by atoms with Gasteiger partial charge in [-0.2, -0.15) is 9.36 Å². The van der Waals surface area contributed by atoms with Crippen LogP contribution in [0.2, 0.25) is 0 Å². The lowest BCUT2D eigenvalue weighted by Crippen LogP contribution is -1.95. The lowest BCUT2D eigenvalue weighted by molar-refractivity contribution is 0.395. The third-order valence-corrected chi connectivity index (χ3v) is 3.82. The third-order valence-electron chi connectivity index (χ3n) is 3.05. The minimum Gasteiger partial charge on any atom is -0.497 e. The van der Waals surface area contributed by atoms with E-state index in [1.165, 1.54) is 11.5 Å². The average Bonchev–Trinajstić information content (AvgIpc) is 3.03. The smallest absolute Gasteiger partial charge is 0.239 e. The fourth-order valence-corrected chi connectivity index (χ4v) is 2.61. The summed E-state index contributed by atoms with van der Waals surface area (Å²) in [7, 11) is 3.24. The summed E-state index contributed by atoms with van der Waals surface area (Å²) in [5, 5.41) is 4.04. The fraction of sp³-hybridized carbons (Fsp3) is 0.125. The van der Waals surface area contributed by atoms with Crippen molar-refractivity contribution in [2.24, 2.45) is 0 Å². The maximum absolute atomic E-state index is 5.25. The molecule has 0 fully saturated rings. The Morgan fingerprint density at radius 1 is 0.955 bits per heavy atom. The molecule has 112 valence electrons. The Morgan fingerprint density at radius 2 is 1.64 bits per heavy atom. The van der Waals surface area contributed by atoms with Gasteiger partial charge in [0.2, 0.25) is 5.95 Å². The Kier molecular flexibility index (Phi) is 4.20. The van der Waals surface area contributed by atoms with Gasteiger partial charge in [0.25, 0.3) is 0 Å². The van der Waals surface area contributed by atoms with Gasteiger partial charge in [0.1, 0.15) is 16.5 Å². The first-order valence-corrected chi connectivity index (χ1v) is 7.45. The second kappa shape index (κ2) is 6.44. The molecule has 0 atom stereocenters. The van der Waals surface area contributed by atoms with Crippen LogP contribution in [-0.2, 0) is 0 Å². The number of nitrogens with one attached hydrogen (secondary N) is 1. The van der Waals surface area contributed by atoms with Crippen molar-refractivity contribution < 1.29 is 9.47 Å². The molecule has 6 heteroatoms.